The maximum absolute atomic E-state index is 11.1. The van der Waals surface area contributed by atoms with Crippen molar-refractivity contribution in [2.24, 2.45) is 0 Å². The molecule has 0 atom stereocenters. The van der Waals surface area contributed by atoms with Gasteiger partial charge in [0.15, 0.2) is 7.85 Å². The Morgan fingerprint density at radius 3 is 2.92 bits per heavy atom. The molecule has 0 N–H and O–H groups in total. The Kier molecular flexibility index (Phi) is 3.06. The highest BCUT2D eigenvalue weighted by molar-refractivity contribution is 6.31. The van der Waals surface area contributed by atoms with Gasteiger partial charge in [0.1, 0.15) is 0 Å². The Bertz CT molecular complexity index is 325. The molecule has 0 unspecified atom stereocenters. The topological polar surface area (TPSA) is 39.2 Å². The summed E-state index contributed by atoms with van der Waals surface area (Å²) >= 11 is 0. The highest BCUT2D eigenvalue weighted by Crippen LogP contribution is 2.02. The molecule has 0 aliphatic carbocycles. The van der Waals surface area contributed by atoms with Crippen LogP contribution in [-0.4, -0.2) is 25.9 Å². The van der Waals surface area contributed by atoms with Crippen LogP contribution in [0.5, 0.6) is 0 Å². The molecule has 13 heavy (non-hydrogen) atoms. The smallest absolute Gasteiger partial charge is 0.339 e. The van der Waals surface area contributed by atoms with Crippen molar-refractivity contribution in [3.63, 3.8) is 0 Å². The van der Waals surface area contributed by atoms with Gasteiger partial charge in [-0.2, -0.15) is 0 Å². The zero-order chi connectivity index (χ0) is 9.84. The van der Waals surface area contributed by atoms with Gasteiger partial charge in [0.05, 0.1) is 12.7 Å². The second kappa shape index (κ2) is 4.07. The summed E-state index contributed by atoms with van der Waals surface area (Å²) in [5.74, 6) is -0.331. The van der Waals surface area contributed by atoms with Crippen LogP contribution in [0.2, 0.25) is 0 Å². The van der Waals surface area contributed by atoms with E-state index in [1.807, 2.05) is 20.8 Å². The third-order valence-corrected chi connectivity index (χ3v) is 1.99. The van der Waals surface area contributed by atoms with Gasteiger partial charge in [0, 0.05) is 6.20 Å². The minimum atomic E-state index is -0.331. The summed E-state index contributed by atoms with van der Waals surface area (Å²) in [7, 11) is 3.30. The van der Waals surface area contributed by atoms with Crippen molar-refractivity contribution in [1.29, 1.82) is 0 Å². The largest absolute Gasteiger partial charge is 0.465 e. The monoisotopic (exact) mass is 177 g/mol. The van der Waals surface area contributed by atoms with Crippen LogP contribution in [-0.2, 0) is 11.2 Å². The number of ether oxygens (including phenoxy) is 1. The lowest BCUT2D eigenvalue weighted by atomic mass is 9.95. The molecule has 0 aliphatic rings. The number of carbonyl (C=O) groups excluding carboxylic acids is 1. The normalized spacial score (nSPS) is 9.69. The molecule has 1 aromatic heterocycles. The number of pyridine rings is 1. The number of hydrogen-bond acceptors (Lipinski definition) is 3. The van der Waals surface area contributed by atoms with Crippen molar-refractivity contribution in [1.82, 2.24) is 4.98 Å². The molecule has 0 saturated carbocycles. The molecule has 0 amide bonds. The lowest BCUT2D eigenvalue weighted by molar-refractivity contribution is 0.0600. The maximum atomic E-state index is 11.1. The molecule has 0 radical (unpaired) electrons. The first-order valence-corrected chi connectivity index (χ1v) is 4.22. The second-order valence-corrected chi connectivity index (χ2v) is 2.81. The van der Waals surface area contributed by atoms with E-state index < -0.39 is 0 Å². The lowest BCUT2D eigenvalue weighted by Crippen LogP contribution is -2.16. The standard InChI is InChI=1S/C9H12BNO2/c1-3-6-4-7(9(12)13-2)5-11-8(6)10/h4-5H,3,10H2,1-2H3. The Hall–Kier alpha value is -1.32. The Balaban J connectivity index is 3.06. The Morgan fingerprint density at radius 2 is 2.38 bits per heavy atom. The summed E-state index contributed by atoms with van der Waals surface area (Å²) in [4.78, 5) is 15.2. The molecule has 1 rings (SSSR count). The first kappa shape index (κ1) is 9.77. The number of hydrogen-bond donors (Lipinski definition) is 0. The Morgan fingerprint density at radius 1 is 1.69 bits per heavy atom. The predicted molar refractivity (Wildman–Crippen MR) is 53.1 cm³/mol. The van der Waals surface area contributed by atoms with Crippen LogP contribution in [0.1, 0.15) is 22.8 Å². The third kappa shape index (κ3) is 2.08. The van der Waals surface area contributed by atoms with Crippen LogP contribution in [0, 0.1) is 0 Å². The summed E-state index contributed by atoms with van der Waals surface area (Å²) in [6.45, 7) is 2.03. The SMILES string of the molecule is Bc1ncc(C(=O)OC)cc1CC. The van der Waals surface area contributed by atoms with E-state index in [1.165, 1.54) is 7.11 Å². The number of methoxy groups -OCH3 is 1. The van der Waals surface area contributed by atoms with Crippen molar-refractivity contribution >= 4 is 19.4 Å². The van der Waals surface area contributed by atoms with Gasteiger partial charge >= 0.3 is 5.97 Å². The van der Waals surface area contributed by atoms with Crippen molar-refractivity contribution in [2.45, 2.75) is 13.3 Å². The van der Waals surface area contributed by atoms with Crippen LogP contribution in [0.4, 0.5) is 0 Å². The van der Waals surface area contributed by atoms with Crippen LogP contribution < -0.4 is 5.59 Å². The van der Waals surface area contributed by atoms with Gasteiger partial charge in [-0.05, 0) is 23.6 Å². The Labute approximate surface area is 78.5 Å². The number of rotatable bonds is 2. The van der Waals surface area contributed by atoms with Crippen molar-refractivity contribution in [2.75, 3.05) is 7.11 Å². The van der Waals surface area contributed by atoms with Crippen molar-refractivity contribution in [3.8, 4) is 0 Å². The molecule has 3 nitrogen and oxygen atoms in total. The van der Waals surface area contributed by atoms with Crippen molar-refractivity contribution < 1.29 is 9.53 Å². The zero-order valence-corrected chi connectivity index (χ0v) is 8.13. The molecular weight excluding hydrogens is 165 g/mol. The maximum Gasteiger partial charge on any atom is 0.339 e. The van der Waals surface area contributed by atoms with E-state index in [1.54, 1.807) is 6.20 Å². The van der Waals surface area contributed by atoms with E-state index in [4.69, 9.17) is 0 Å². The van der Waals surface area contributed by atoms with Gasteiger partial charge in [-0.1, -0.05) is 6.92 Å². The molecule has 1 heterocycles. The molecule has 4 heteroatoms. The molecule has 0 saturated heterocycles. The van der Waals surface area contributed by atoms with E-state index >= 15 is 0 Å². The van der Waals surface area contributed by atoms with E-state index in [2.05, 4.69) is 9.72 Å². The fraction of sp³-hybridized carbons (Fsp3) is 0.333. The minimum absolute atomic E-state index is 0.331. The highest BCUT2D eigenvalue weighted by atomic mass is 16.5. The number of aryl methyl sites for hydroxylation is 1. The summed E-state index contributed by atoms with van der Waals surface area (Å²) in [6, 6.07) is 1.83. The molecule has 0 spiro atoms. The van der Waals surface area contributed by atoms with Crippen LogP contribution >= 0.6 is 0 Å². The summed E-state index contributed by atoms with van der Waals surface area (Å²) < 4.78 is 4.60. The number of nitrogens with zero attached hydrogens (tertiary/aromatic N) is 1. The number of aromatic nitrogens is 1. The van der Waals surface area contributed by atoms with E-state index in [9.17, 15) is 4.79 Å². The average molecular weight is 177 g/mol. The minimum Gasteiger partial charge on any atom is -0.465 e. The summed E-state index contributed by atoms with van der Waals surface area (Å²) in [5, 5.41) is 0. The molecule has 0 bridgehead atoms. The lowest BCUT2D eigenvalue weighted by Gasteiger charge is -2.04. The van der Waals surface area contributed by atoms with Gasteiger partial charge in [-0.15, -0.1) is 0 Å². The molecule has 0 aliphatic heterocycles. The number of esters is 1. The van der Waals surface area contributed by atoms with E-state index in [0.29, 0.717) is 5.56 Å². The molecule has 1 aromatic rings. The predicted octanol–water partition coefficient (Wildman–Crippen LogP) is -0.311. The first-order chi connectivity index (χ1) is 6.19. The van der Waals surface area contributed by atoms with Gasteiger partial charge in [-0.25, -0.2) is 4.79 Å². The fourth-order valence-corrected chi connectivity index (χ4v) is 1.17. The van der Waals surface area contributed by atoms with E-state index in [0.717, 1.165) is 17.6 Å². The number of carbonyl (C=O) groups is 1. The van der Waals surface area contributed by atoms with Crippen LogP contribution in [0.15, 0.2) is 12.3 Å². The quantitative estimate of drug-likeness (QED) is 0.459. The summed E-state index contributed by atoms with van der Waals surface area (Å²) in [6.07, 6.45) is 2.42. The van der Waals surface area contributed by atoms with Crippen LogP contribution in [0.25, 0.3) is 0 Å². The van der Waals surface area contributed by atoms with E-state index in [-0.39, 0.29) is 5.97 Å². The highest BCUT2D eigenvalue weighted by Gasteiger charge is 2.07. The second-order valence-electron chi connectivity index (χ2n) is 2.81. The van der Waals surface area contributed by atoms with Gasteiger partial charge < -0.3 is 4.74 Å². The molecule has 68 valence electrons. The summed E-state index contributed by atoms with van der Waals surface area (Å²) in [5.41, 5.74) is 2.57. The van der Waals surface area contributed by atoms with Crippen molar-refractivity contribution in [3.05, 3.63) is 23.4 Å². The molecular formula is C9H12BNO2. The zero-order valence-electron chi connectivity index (χ0n) is 8.13. The molecule has 0 aromatic carbocycles. The first-order valence-electron chi connectivity index (χ1n) is 4.22. The molecule has 0 fully saturated rings. The average Bonchev–Trinajstić information content (AvgIpc) is 2.17. The van der Waals surface area contributed by atoms with Gasteiger partial charge in [0.25, 0.3) is 0 Å². The van der Waals surface area contributed by atoms with Gasteiger partial charge in [-0.3, -0.25) is 4.98 Å². The van der Waals surface area contributed by atoms with Crippen LogP contribution in [0.3, 0.4) is 0 Å². The van der Waals surface area contributed by atoms with Gasteiger partial charge in [0.2, 0.25) is 0 Å². The fourth-order valence-electron chi connectivity index (χ4n) is 1.17. The third-order valence-electron chi connectivity index (χ3n) is 1.99.